The minimum atomic E-state index is -0.780. The van der Waals surface area contributed by atoms with Gasteiger partial charge in [0, 0.05) is 11.1 Å². The van der Waals surface area contributed by atoms with Gasteiger partial charge in [-0.25, -0.2) is 18.8 Å². The molecule has 0 fully saturated rings. The van der Waals surface area contributed by atoms with Crippen molar-refractivity contribution < 1.29 is 47.3 Å². The van der Waals surface area contributed by atoms with Crippen molar-refractivity contribution in [2.45, 2.75) is 27.7 Å². The number of hydrogen-bond acceptors (Lipinski definition) is 9. The molecule has 0 bridgehead atoms. The molecular weight excluding hydrogens is 511 g/mol. The Morgan fingerprint density at radius 2 is 1.36 bits per heavy atom. The highest BCUT2D eigenvalue weighted by Crippen LogP contribution is 2.31. The zero-order chi connectivity index (χ0) is 29.1. The monoisotopic (exact) mass is 542 g/mol. The fraction of sp³-hybridized carbons (Fsp3) is 0.310. The van der Waals surface area contributed by atoms with Crippen LogP contribution in [0, 0.1) is 11.7 Å². The maximum atomic E-state index is 14.6. The van der Waals surface area contributed by atoms with E-state index >= 15 is 0 Å². The van der Waals surface area contributed by atoms with Crippen molar-refractivity contribution in [3.8, 4) is 22.6 Å². The third kappa shape index (κ3) is 9.41. The molecule has 0 heterocycles. The Kier molecular flexibility index (Phi) is 11.4. The first-order valence-electron chi connectivity index (χ1n) is 12.0. The van der Waals surface area contributed by atoms with E-state index in [1.54, 1.807) is 19.9 Å². The zero-order valence-electron chi connectivity index (χ0n) is 22.3. The number of esters is 4. The SMILES string of the molecule is C=C(C)C(=O)OCCOC(=O)c1ccc(-c2ccc(OC(=O)C(=C)C)c(F)c2)cc1OCCOC(=O)C(C)C. The van der Waals surface area contributed by atoms with Crippen LogP contribution >= 0.6 is 0 Å². The number of halogens is 1. The van der Waals surface area contributed by atoms with Crippen LogP contribution in [0.5, 0.6) is 11.5 Å². The van der Waals surface area contributed by atoms with Gasteiger partial charge in [0.2, 0.25) is 0 Å². The van der Waals surface area contributed by atoms with E-state index in [4.69, 9.17) is 23.7 Å². The van der Waals surface area contributed by atoms with E-state index < -0.39 is 29.7 Å². The number of ether oxygens (including phenoxy) is 5. The molecule has 9 nitrogen and oxygen atoms in total. The second kappa shape index (κ2) is 14.5. The van der Waals surface area contributed by atoms with Gasteiger partial charge in [-0.05, 0) is 49.2 Å². The normalized spacial score (nSPS) is 10.4. The van der Waals surface area contributed by atoms with E-state index in [0.29, 0.717) is 11.1 Å². The lowest BCUT2D eigenvalue weighted by Crippen LogP contribution is -2.18. The predicted molar refractivity (Wildman–Crippen MR) is 140 cm³/mol. The van der Waals surface area contributed by atoms with Crippen molar-refractivity contribution >= 4 is 23.9 Å². The maximum absolute atomic E-state index is 14.6. The molecule has 0 saturated carbocycles. The highest BCUT2D eigenvalue weighted by Gasteiger charge is 2.18. The van der Waals surface area contributed by atoms with Crippen LogP contribution in [-0.4, -0.2) is 50.3 Å². The second-order valence-electron chi connectivity index (χ2n) is 8.75. The number of hydrogen-bond donors (Lipinski definition) is 0. The maximum Gasteiger partial charge on any atom is 0.342 e. The Bertz CT molecular complexity index is 1260. The van der Waals surface area contributed by atoms with Gasteiger partial charge in [0.05, 0.1) is 5.92 Å². The Morgan fingerprint density at radius 3 is 1.97 bits per heavy atom. The molecule has 2 aromatic rings. The van der Waals surface area contributed by atoms with Crippen LogP contribution in [0.25, 0.3) is 11.1 Å². The molecule has 0 aliphatic rings. The molecular formula is C29H31FO9. The summed E-state index contributed by atoms with van der Waals surface area (Å²) < 4.78 is 40.5. The summed E-state index contributed by atoms with van der Waals surface area (Å²) in [5.41, 5.74) is 1.27. The number of benzene rings is 2. The highest BCUT2D eigenvalue weighted by atomic mass is 19.1. The summed E-state index contributed by atoms with van der Waals surface area (Å²) in [5, 5.41) is 0. The van der Waals surface area contributed by atoms with Crippen LogP contribution in [-0.2, 0) is 28.6 Å². The van der Waals surface area contributed by atoms with Gasteiger partial charge in [0.1, 0.15) is 37.7 Å². The molecule has 2 rings (SSSR count). The Labute approximate surface area is 226 Å². The quantitative estimate of drug-likeness (QED) is 0.115. The summed E-state index contributed by atoms with van der Waals surface area (Å²) in [6, 6.07) is 8.47. The first-order valence-corrected chi connectivity index (χ1v) is 12.0. The molecule has 0 atom stereocenters. The summed E-state index contributed by atoms with van der Waals surface area (Å²) in [6.45, 7) is 12.7. The van der Waals surface area contributed by atoms with E-state index in [1.807, 2.05) is 0 Å². The standard InChI is InChI=1S/C29H31FO9/c1-17(2)26(31)36-12-11-35-25-16-21(20-8-10-24(23(30)15-20)39-28(33)19(5)6)7-9-22(25)29(34)38-14-13-37-27(32)18(3)4/h7-10,15-17H,3,5,11-14H2,1-2,4,6H3. The van der Waals surface area contributed by atoms with Crippen LogP contribution in [0.4, 0.5) is 4.39 Å². The minimum absolute atomic E-state index is 0.0487. The third-order valence-electron chi connectivity index (χ3n) is 4.97. The largest absolute Gasteiger partial charge is 0.489 e. The van der Waals surface area contributed by atoms with E-state index in [-0.39, 0.29) is 60.6 Å². The van der Waals surface area contributed by atoms with E-state index in [1.165, 1.54) is 44.2 Å². The lowest BCUT2D eigenvalue weighted by atomic mass is 10.0. The molecule has 10 heteroatoms. The molecule has 2 aromatic carbocycles. The fourth-order valence-electron chi connectivity index (χ4n) is 2.87. The van der Waals surface area contributed by atoms with Crippen LogP contribution in [0.1, 0.15) is 38.1 Å². The topological polar surface area (TPSA) is 114 Å². The van der Waals surface area contributed by atoms with Crippen molar-refractivity contribution in [1.82, 2.24) is 0 Å². The lowest BCUT2D eigenvalue weighted by molar-refractivity contribution is -0.148. The first kappa shape index (κ1) is 30.8. The Balaban J connectivity index is 2.23. The molecule has 0 spiro atoms. The Morgan fingerprint density at radius 1 is 0.769 bits per heavy atom. The van der Waals surface area contributed by atoms with Crippen molar-refractivity contribution in [2.24, 2.45) is 5.92 Å². The van der Waals surface area contributed by atoms with Crippen molar-refractivity contribution in [3.05, 3.63) is 72.1 Å². The van der Waals surface area contributed by atoms with Gasteiger partial charge >= 0.3 is 23.9 Å². The van der Waals surface area contributed by atoms with Crippen LogP contribution in [0.15, 0.2) is 60.7 Å². The average molecular weight is 543 g/mol. The van der Waals surface area contributed by atoms with Crippen molar-refractivity contribution in [2.75, 3.05) is 26.4 Å². The molecule has 0 N–H and O–H groups in total. The molecule has 0 aliphatic carbocycles. The Hall–Kier alpha value is -4.47. The zero-order valence-corrected chi connectivity index (χ0v) is 22.3. The second-order valence-corrected chi connectivity index (χ2v) is 8.75. The van der Waals surface area contributed by atoms with Gasteiger partial charge in [-0.3, -0.25) is 4.79 Å². The molecule has 0 aliphatic heterocycles. The van der Waals surface area contributed by atoms with E-state index in [0.717, 1.165) is 0 Å². The summed E-state index contributed by atoms with van der Waals surface area (Å²) in [7, 11) is 0. The molecule has 39 heavy (non-hydrogen) atoms. The van der Waals surface area contributed by atoms with Gasteiger partial charge in [-0.1, -0.05) is 39.1 Å². The van der Waals surface area contributed by atoms with Crippen LogP contribution < -0.4 is 9.47 Å². The molecule has 0 aromatic heterocycles. The molecule has 0 amide bonds. The number of carbonyl (C=O) groups excluding carboxylic acids is 4. The van der Waals surface area contributed by atoms with E-state index in [2.05, 4.69) is 13.2 Å². The predicted octanol–water partition coefficient (Wildman–Crippen LogP) is 4.83. The smallest absolute Gasteiger partial charge is 0.342 e. The van der Waals surface area contributed by atoms with Crippen molar-refractivity contribution in [3.63, 3.8) is 0 Å². The van der Waals surface area contributed by atoms with Gasteiger partial charge < -0.3 is 23.7 Å². The summed E-state index contributed by atoms with van der Waals surface area (Å²) in [6.07, 6.45) is 0. The van der Waals surface area contributed by atoms with Gasteiger partial charge in [0.25, 0.3) is 0 Å². The van der Waals surface area contributed by atoms with E-state index in [9.17, 15) is 23.6 Å². The summed E-state index contributed by atoms with van der Waals surface area (Å²) >= 11 is 0. The molecule has 0 saturated heterocycles. The minimum Gasteiger partial charge on any atom is -0.489 e. The van der Waals surface area contributed by atoms with Gasteiger partial charge in [0.15, 0.2) is 11.6 Å². The summed E-state index contributed by atoms with van der Waals surface area (Å²) in [4.78, 5) is 47.6. The molecule has 208 valence electrons. The number of carbonyl (C=O) groups is 4. The average Bonchev–Trinajstić information content (AvgIpc) is 2.89. The highest BCUT2D eigenvalue weighted by molar-refractivity contribution is 5.93. The summed E-state index contributed by atoms with van der Waals surface area (Å²) in [5.74, 6) is -3.79. The van der Waals surface area contributed by atoms with Crippen LogP contribution in [0.2, 0.25) is 0 Å². The third-order valence-corrected chi connectivity index (χ3v) is 4.97. The van der Waals surface area contributed by atoms with Crippen molar-refractivity contribution in [1.29, 1.82) is 0 Å². The van der Waals surface area contributed by atoms with Crippen LogP contribution in [0.3, 0.4) is 0 Å². The first-order chi connectivity index (χ1) is 18.4. The lowest BCUT2D eigenvalue weighted by Gasteiger charge is -2.14. The van der Waals surface area contributed by atoms with Gasteiger partial charge in [-0.2, -0.15) is 0 Å². The fourth-order valence-corrected chi connectivity index (χ4v) is 2.87. The molecule has 0 radical (unpaired) electrons. The molecule has 0 unspecified atom stereocenters. The van der Waals surface area contributed by atoms with Gasteiger partial charge in [-0.15, -0.1) is 0 Å². The number of rotatable bonds is 13.